The third-order valence-corrected chi connectivity index (χ3v) is 12.2. The zero-order valence-corrected chi connectivity index (χ0v) is 44.6. The lowest BCUT2D eigenvalue weighted by Gasteiger charge is -2.19. The van der Waals surface area contributed by atoms with E-state index in [9.17, 15) is 19.0 Å². The highest BCUT2D eigenvalue weighted by Gasteiger charge is 2.26. The van der Waals surface area contributed by atoms with Crippen molar-refractivity contribution in [3.63, 3.8) is 0 Å². The maximum absolute atomic E-state index is 12.6. The number of hydrogen-bond donors (Lipinski definition) is 2. The van der Waals surface area contributed by atoms with Crippen molar-refractivity contribution < 1.29 is 37.6 Å². The van der Waals surface area contributed by atoms with E-state index < -0.39 is 26.5 Å². The van der Waals surface area contributed by atoms with Crippen molar-refractivity contribution in [2.75, 3.05) is 26.4 Å². The average molecular weight is 982 g/mol. The lowest BCUT2D eigenvalue weighted by molar-refractivity contribution is -0.161. The van der Waals surface area contributed by atoms with Gasteiger partial charge in [0.25, 0.3) is 0 Å². The van der Waals surface area contributed by atoms with Crippen molar-refractivity contribution in [3.8, 4) is 0 Å². The van der Waals surface area contributed by atoms with Crippen LogP contribution >= 0.6 is 7.82 Å². The van der Waals surface area contributed by atoms with Gasteiger partial charge in [-0.05, 0) is 83.5 Å². The van der Waals surface area contributed by atoms with Crippen LogP contribution < -0.4 is 5.73 Å². The van der Waals surface area contributed by atoms with Gasteiger partial charge in [0.05, 0.1) is 13.2 Å². The van der Waals surface area contributed by atoms with E-state index in [-0.39, 0.29) is 38.6 Å². The van der Waals surface area contributed by atoms with Gasteiger partial charge in [-0.15, -0.1) is 0 Å². The van der Waals surface area contributed by atoms with Crippen LogP contribution in [0.25, 0.3) is 0 Å². The Labute approximate surface area is 422 Å². The van der Waals surface area contributed by atoms with E-state index in [1.54, 1.807) is 0 Å². The molecule has 0 aliphatic carbocycles. The normalized spacial score (nSPS) is 14.0. The van der Waals surface area contributed by atoms with E-state index in [2.05, 4.69) is 123 Å². The first kappa shape index (κ1) is 65.7. The monoisotopic (exact) mass is 982 g/mol. The fourth-order valence-corrected chi connectivity index (χ4v) is 7.92. The molecule has 0 saturated heterocycles. The van der Waals surface area contributed by atoms with E-state index in [1.165, 1.54) is 83.5 Å². The lowest BCUT2D eigenvalue weighted by atomic mass is 10.1. The van der Waals surface area contributed by atoms with Crippen molar-refractivity contribution >= 4 is 19.8 Å². The quantitative estimate of drug-likeness (QED) is 0.0264. The molecule has 0 spiro atoms. The van der Waals surface area contributed by atoms with Gasteiger partial charge in [-0.1, -0.05) is 232 Å². The molecule has 0 amide bonds. The largest absolute Gasteiger partial charge is 0.472 e. The summed E-state index contributed by atoms with van der Waals surface area (Å²) in [7, 11) is -4.39. The number of hydrogen-bond acceptors (Lipinski definition) is 8. The minimum atomic E-state index is -4.39. The lowest BCUT2D eigenvalue weighted by Crippen LogP contribution is -2.29. The average Bonchev–Trinajstić information content (AvgIpc) is 3.34. The number of carbonyl (C=O) groups is 2. The van der Waals surface area contributed by atoms with Crippen molar-refractivity contribution in [2.24, 2.45) is 5.73 Å². The minimum absolute atomic E-state index is 0.0487. The zero-order chi connectivity index (χ0) is 50.2. The highest BCUT2D eigenvalue weighted by atomic mass is 31.2. The first-order valence-corrected chi connectivity index (χ1v) is 28.9. The van der Waals surface area contributed by atoms with Crippen LogP contribution in [0.15, 0.2) is 109 Å². The molecule has 0 aliphatic heterocycles. The topological polar surface area (TPSA) is 134 Å². The van der Waals surface area contributed by atoms with E-state index in [1.807, 2.05) is 0 Å². The number of phosphoric ester groups is 1. The molecule has 10 heteroatoms. The van der Waals surface area contributed by atoms with Crippen molar-refractivity contribution in [1.82, 2.24) is 0 Å². The van der Waals surface area contributed by atoms with Gasteiger partial charge in [0.15, 0.2) is 6.10 Å². The molecule has 0 aromatic rings. The van der Waals surface area contributed by atoms with Gasteiger partial charge in [-0.25, -0.2) is 4.57 Å². The van der Waals surface area contributed by atoms with Gasteiger partial charge in [0.1, 0.15) is 6.61 Å². The van der Waals surface area contributed by atoms with Crippen LogP contribution in [0.5, 0.6) is 0 Å². The molecule has 9 nitrogen and oxygen atoms in total. The Morgan fingerprint density at radius 1 is 0.449 bits per heavy atom. The van der Waals surface area contributed by atoms with Crippen molar-refractivity contribution in [1.29, 1.82) is 0 Å². The van der Waals surface area contributed by atoms with Gasteiger partial charge in [-0.3, -0.25) is 18.6 Å². The molecule has 0 aromatic carbocycles. The highest BCUT2D eigenvalue weighted by molar-refractivity contribution is 7.47. The van der Waals surface area contributed by atoms with Crippen LogP contribution in [0, 0.1) is 0 Å². The van der Waals surface area contributed by atoms with Crippen LogP contribution in [-0.4, -0.2) is 49.3 Å². The summed E-state index contributed by atoms with van der Waals surface area (Å²) >= 11 is 0. The highest BCUT2D eigenvalue weighted by Crippen LogP contribution is 2.43. The van der Waals surface area contributed by atoms with Gasteiger partial charge in [-0.2, -0.15) is 0 Å². The van der Waals surface area contributed by atoms with Crippen LogP contribution in [0.1, 0.15) is 219 Å². The molecule has 0 fully saturated rings. The molecule has 2 unspecified atom stereocenters. The Balaban J connectivity index is 3.96. The first-order valence-electron chi connectivity index (χ1n) is 27.4. The Hall–Kier alpha value is -3.33. The van der Waals surface area contributed by atoms with Crippen molar-refractivity contribution in [3.05, 3.63) is 109 Å². The smallest absolute Gasteiger partial charge is 0.462 e. The molecule has 3 N–H and O–H groups in total. The third kappa shape index (κ3) is 53.9. The molecule has 0 radical (unpaired) electrons. The standard InChI is InChI=1S/C59H100NO8P/c1-3-5-7-9-11-13-15-16-17-18-19-20-21-22-23-24-25-26-27-28-29-30-31-32-33-34-35-36-37-38-39-40-42-44-46-48-50-52-59(62)68-57(56-67-69(63,64)66-54-53-60)55-65-58(61)51-49-47-45-43-41-14-12-10-8-6-4-2/h5,7,11,13,16-17,19-20,22-23,25-26,28-29,31-32,34-35,57H,3-4,6,8-10,12,14-15,18,21,24,27,30,33,36-56,60H2,1-2H3,(H,63,64)/b7-5-,13-11-,17-16-,20-19-,23-22-,26-25-,29-28-,32-31-,35-34-. The number of ether oxygens (including phenoxy) is 2. The van der Waals surface area contributed by atoms with Crippen LogP contribution in [-0.2, 0) is 32.7 Å². The molecule has 0 bridgehead atoms. The fourth-order valence-electron chi connectivity index (χ4n) is 7.16. The second kappa shape index (κ2) is 54.0. The predicted molar refractivity (Wildman–Crippen MR) is 293 cm³/mol. The number of unbranched alkanes of at least 4 members (excludes halogenated alkanes) is 19. The Kier molecular flexibility index (Phi) is 51.4. The van der Waals surface area contributed by atoms with E-state index in [0.717, 1.165) is 103 Å². The fraction of sp³-hybridized carbons (Fsp3) is 0.661. The van der Waals surface area contributed by atoms with Gasteiger partial charge >= 0.3 is 19.8 Å². The minimum Gasteiger partial charge on any atom is -0.462 e. The molecule has 0 aliphatic rings. The summed E-state index contributed by atoms with van der Waals surface area (Å²) in [5.74, 6) is -0.839. The molecule has 0 heterocycles. The molecule has 69 heavy (non-hydrogen) atoms. The third-order valence-electron chi connectivity index (χ3n) is 11.2. The number of nitrogens with two attached hydrogens (primary N) is 1. The summed E-state index contributed by atoms with van der Waals surface area (Å²) in [6.07, 6.45) is 72.9. The van der Waals surface area contributed by atoms with Crippen LogP contribution in [0.2, 0.25) is 0 Å². The second-order valence-corrected chi connectivity index (χ2v) is 19.2. The molecule has 0 saturated carbocycles. The molecular formula is C59H100NO8P. The number of carbonyl (C=O) groups excluding carboxylic acids is 2. The summed E-state index contributed by atoms with van der Waals surface area (Å²) in [5, 5.41) is 0. The van der Waals surface area contributed by atoms with Crippen LogP contribution in [0.3, 0.4) is 0 Å². The number of allylic oxidation sites excluding steroid dienone is 18. The molecular weight excluding hydrogens is 882 g/mol. The zero-order valence-electron chi connectivity index (χ0n) is 43.8. The molecule has 0 rings (SSSR count). The first-order chi connectivity index (χ1) is 33.8. The summed E-state index contributed by atoms with van der Waals surface area (Å²) in [4.78, 5) is 35.0. The van der Waals surface area contributed by atoms with E-state index in [0.29, 0.717) is 6.42 Å². The maximum atomic E-state index is 12.6. The number of esters is 2. The summed E-state index contributed by atoms with van der Waals surface area (Å²) in [5.41, 5.74) is 5.36. The van der Waals surface area contributed by atoms with Gasteiger partial charge in [0.2, 0.25) is 0 Å². The van der Waals surface area contributed by atoms with E-state index in [4.69, 9.17) is 24.3 Å². The summed E-state index contributed by atoms with van der Waals surface area (Å²) < 4.78 is 32.9. The number of phosphoric acid groups is 1. The second-order valence-electron chi connectivity index (χ2n) is 17.7. The summed E-state index contributed by atoms with van der Waals surface area (Å²) in [6, 6.07) is 0. The molecule has 2 atom stereocenters. The predicted octanol–water partition coefficient (Wildman–Crippen LogP) is 17.1. The Morgan fingerprint density at radius 3 is 1.19 bits per heavy atom. The Morgan fingerprint density at radius 2 is 0.797 bits per heavy atom. The van der Waals surface area contributed by atoms with Crippen LogP contribution in [0.4, 0.5) is 0 Å². The van der Waals surface area contributed by atoms with E-state index >= 15 is 0 Å². The maximum Gasteiger partial charge on any atom is 0.472 e. The molecule has 394 valence electrons. The van der Waals surface area contributed by atoms with Gasteiger partial charge < -0.3 is 20.1 Å². The molecule has 0 aromatic heterocycles. The SMILES string of the molecule is CC/C=C\C/C=C\C/C=C\C/C=C\C/C=C\C/C=C\C/C=C\C/C=C\C/C=C\CCCCCCCCCCCC(=O)OC(COC(=O)CCCCCCCCCCCCC)COP(=O)(O)OCCN. The Bertz CT molecular complexity index is 1490. The number of rotatable bonds is 50. The summed E-state index contributed by atoms with van der Waals surface area (Å²) in [6.45, 7) is 3.60. The van der Waals surface area contributed by atoms with Crippen molar-refractivity contribution in [2.45, 2.75) is 225 Å². The van der Waals surface area contributed by atoms with Gasteiger partial charge in [0, 0.05) is 19.4 Å².